The first-order valence-electron chi connectivity index (χ1n) is 8.17. The Morgan fingerprint density at radius 3 is 2.87 bits per heavy atom. The third kappa shape index (κ3) is 3.82. The number of amides is 1. The second-order valence-corrected chi connectivity index (χ2v) is 6.20. The lowest BCUT2D eigenvalue weighted by Crippen LogP contribution is -2.38. The van der Waals surface area contributed by atoms with E-state index < -0.39 is 0 Å². The minimum atomic E-state index is 0.0191. The summed E-state index contributed by atoms with van der Waals surface area (Å²) in [6.45, 7) is 0.118. The van der Waals surface area contributed by atoms with Crippen molar-refractivity contribution >= 4 is 16.7 Å². The maximum absolute atomic E-state index is 12.4. The fourth-order valence-electron chi connectivity index (χ4n) is 3.09. The van der Waals surface area contributed by atoms with Gasteiger partial charge in [0.25, 0.3) is 0 Å². The first-order chi connectivity index (χ1) is 11.2. The minimum absolute atomic E-state index is 0.0191. The van der Waals surface area contributed by atoms with Gasteiger partial charge in [-0.25, -0.2) is 0 Å². The number of benzene rings is 2. The SMILES string of the molecule is COc1ccc2cccc(CC(=O)NC(CCO)C3CC3)c2c1. The zero-order valence-electron chi connectivity index (χ0n) is 13.4. The van der Waals surface area contributed by atoms with E-state index in [-0.39, 0.29) is 18.6 Å². The van der Waals surface area contributed by atoms with E-state index in [0.29, 0.717) is 18.8 Å². The van der Waals surface area contributed by atoms with Gasteiger partial charge >= 0.3 is 0 Å². The number of ether oxygens (including phenoxy) is 1. The van der Waals surface area contributed by atoms with Crippen LogP contribution in [0.15, 0.2) is 36.4 Å². The highest BCUT2D eigenvalue weighted by molar-refractivity contribution is 5.91. The molecule has 23 heavy (non-hydrogen) atoms. The van der Waals surface area contributed by atoms with Crippen LogP contribution in [0.4, 0.5) is 0 Å². The molecule has 1 unspecified atom stereocenters. The summed E-state index contributed by atoms with van der Waals surface area (Å²) in [5.41, 5.74) is 0.998. The van der Waals surface area contributed by atoms with E-state index in [9.17, 15) is 4.79 Å². The largest absolute Gasteiger partial charge is 0.497 e. The van der Waals surface area contributed by atoms with Gasteiger partial charge in [0.2, 0.25) is 5.91 Å². The van der Waals surface area contributed by atoms with Crippen molar-refractivity contribution in [1.82, 2.24) is 5.32 Å². The number of nitrogens with one attached hydrogen (secondary N) is 1. The normalized spacial score (nSPS) is 15.4. The van der Waals surface area contributed by atoms with E-state index in [1.54, 1.807) is 7.11 Å². The molecule has 0 heterocycles. The smallest absolute Gasteiger partial charge is 0.224 e. The molecule has 4 heteroatoms. The lowest BCUT2D eigenvalue weighted by atomic mass is 10.0. The summed E-state index contributed by atoms with van der Waals surface area (Å²) in [7, 11) is 1.64. The average Bonchev–Trinajstić information content (AvgIpc) is 3.39. The summed E-state index contributed by atoms with van der Waals surface area (Å²) in [6, 6.07) is 12.0. The number of aliphatic hydroxyl groups excluding tert-OH is 1. The number of fused-ring (bicyclic) bond motifs is 1. The molecule has 1 atom stereocenters. The van der Waals surface area contributed by atoms with Crippen LogP contribution in [0.5, 0.6) is 5.75 Å². The monoisotopic (exact) mass is 313 g/mol. The summed E-state index contributed by atoms with van der Waals surface area (Å²) in [5, 5.41) is 14.4. The summed E-state index contributed by atoms with van der Waals surface area (Å²) in [4.78, 5) is 12.4. The van der Waals surface area contributed by atoms with E-state index >= 15 is 0 Å². The zero-order chi connectivity index (χ0) is 16.2. The Morgan fingerprint density at radius 1 is 1.35 bits per heavy atom. The molecule has 4 nitrogen and oxygen atoms in total. The summed E-state index contributed by atoms with van der Waals surface area (Å²) in [5.74, 6) is 1.35. The van der Waals surface area contributed by atoms with Crippen molar-refractivity contribution in [2.24, 2.45) is 5.92 Å². The van der Waals surface area contributed by atoms with Crippen LogP contribution in [0.3, 0.4) is 0 Å². The standard InChI is InChI=1S/C19H23NO3/c1-23-16-8-7-13-3-2-4-15(17(13)12-16)11-19(22)20-18(9-10-21)14-5-6-14/h2-4,7-8,12,14,18,21H,5-6,9-11H2,1H3,(H,20,22). The van der Waals surface area contributed by atoms with Gasteiger partial charge in [0.05, 0.1) is 13.5 Å². The number of aliphatic hydroxyl groups is 1. The van der Waals surface area contributed by atoms with Gasteiger partial charge in [0.15, 0.2) is 0 Å². The van der Waals surface area contributed by atoms with Crippen LogP contribution in [0.1, 0.15) is 24.8 Å². The number of methoxy groups -OCH3 is 1. The molecule has 3 rings (SSSR count). The fraction of sp³-hybridized carbons (Fsp3) is 0.421. The van der Waals surface area contributed by atoms with Crippen LogP contribution in [-0.4, -0.2) is 30.8 Å². The van der Waals surface area contributed by atoms with E-state index in [0.717, 1.165) is 34.9 Å². The van der Waals surface area contributed by atoms with E-state index in [1.165, 1.54) is 0 Å². The molecule has 122 valence electrons. The Morgan fingerprint density at radius 2 is 2.17 bits per heavy atom. The van der Waals surface area contributed by atoms with Crippen LogP contribution in [0.2, 0.25) is 0 Å². The van der Waals surface area contributed by atoms with E-state index in [2.05, 4.69) is 5.32 Å². The molecule has 0 bridgehead atoms. The van der Waals surface area contributed by atoms with Crippen LogP contribution < -0.4 is 10.1 Å². The van der Waals surface area contributed by atoms with Gasteiger partial charge in [-0.3, -0.25) is 4.79 Å². The van der Waals surface area contributed by atoms with Crippen molar-refractivity contribution in [2.75, 3.05) is 13.7 Å². The Hall–Kier alpha value is -2.07. The van der Waals surface area contributed by atoms with Crippen LogP contribution in [-0.2, 0) is 11.2 Å². The van der Waals surface area contributed by atoms with Crippen molar-refractivity contribution in [3.05, 3.63) is 42.0 Å². The molecule has 0 radical (unpaired) electrons. The van der Waals surface area contributed by atoms with Crippen molar-refractivity contribution in [1.29, 1.82) is 0 Å². The minimum Gasteiger partial charge on any atom is -0.497 e. The quantitative estimate of drug-likeness (QED) is 0.826. The fourth-order valence-corrected chi connectivity index (χ4v) is 3.09. The maximum atomic E-state index is 12.4. The van der Waals surface area contributed by atoms with Crippen molar-refractivity contribution in [2.45, 2.75) is 31.7 Å². The van der Waals surface area contributed by atoms with Crippen LogP contribution in [0.25, 0.3) is 10.8 Å². The number of hydrogen-bond donors (Lipinski definition) is 2. The molecule has 2 aromatic rings. The summed E-state index contributed by atoms with van der Waals surface area (Å²) in [6.07, 6.45) is 3.28. The molecule has 2 aromatic carbocycles. The van der Waals surface area contributed by atoms with Gasteiger partial charge in [0.1, 0.15) is 5.75 Å². The topological polar surface area (TPSA) is 58.6 Å². The summed E-state index contributed by atoms with van der Waals surface area (Å²) >= 11 is 0. The molecule has 1 amide bonds. The molecular weight excluding hydrogens is 290 g/mol. The third-order valence-corrected chi connectivity index (χ3v) is 4.51. The van der Waals surface area contributed by atoms with Gasteiger partial charge in [0, 0.05) is 12.6 Å². The Labute approximate surface area is 136 Å². The average molecular weight is 313 g/mol. The predicted octanol–water partition coefficient (Wildman–Crippen LogP) is 2.67. The Bertz CT molecular complexity index is 694. The van der Waals surface area contributed by atoms with Crippen LogP contribution in [0, 0.1) is 5.92 Å². The molecule has 1 saturated carbocycles. The Balaban J connectivity index is 1.76. The molecule has 2 N–H and O–H groups in total. The van der Waals surface area contributed by atoms with Gasteiger partial charge in [-0.1, -0.05) is 24.3 Å². The molecule has 1 fully saturated rings. The molecule has 1 aliphatic rings. The molecule has 1 aliphatic carbocycles. The van der Waals surface area contributed by atoms with E-state index in [1.807, 2.05) is 36.4 Å². The number of carbonyl (C=O) groups is 1. The predicted molar refractivity (Wildman–Crippen MR) is 90.6 cm³/mol. The van der Waals surface area contributed by atoms with Crippen LogP contribution >= 0.6 is 0 Å². The number of rotatable bonds is 7. The summed E-state index contributed by atoms with van der Waals surface area (Å²) < 4.78 is 5.29. The molecule has 0 aromatic heterocycles. The second kappa shape index (κ2) is 7.01. The maximum Gasteiger partial charge on any atom is 0.224 e. The van der Waals surface area contributed by atoms with Crippen molar-refractivity contribution < 1.29 is 14.6 Å². The lowest BCUT2D eigenvalue weighted by Gasteiger charge is -2.17. The zero-order valence-corrected chi connectivity index (χ0v) is 13.4. The van der Waals surface area contributed by atoms with Gasteiger partial charge in [-0.15, -0.1) is 0 Å². The third-order valence-electron chi connectivity index (χ3n) is 4.51. The van der Waals surface area contributed by atoms with Crippen molar-refractivity contribution in [3.8, 4) is 5.75 Å². The van der Waals surface area contributed by atoms with Gasteiger partial charge in [-0.2, -0.15) is 0 Å². The molecule has 0 spiro atoms. The molecule has 0 saturated heterocycles. The van der Waals surface area contributed by atoms with Gasteiger partial charge < -0.3 is 15.2 Å². The highest BCUT2D eigenvalue weighted by atomic mass is 16.5. The Kier molecular flexibility index (Phi) is 4.82. The highest BCUT2D eigenvalue weighted by Crippen LogP contribution is 2.34. The lowest BCUT2D eigenvalue weighted by molar-refractivity contribution is -0.121. The number of carbonyl (C=O) groups excluding carboxylic acids is 1. The first-order valence-corrected chi connectivity index (χ1v) is 8.17. The number of hydrogen-bond acceptors (Lipinski definition) is 3. The van der Waals surface area contributed by atoms with Gasteiger partial charge in [-0.05, 0) is 53.6 Å². The second-order valence-electron chi connectivity index (χ2n) is 6.20. The van der Waals surface area contributed by atoms with E-state index in [4.69, 9.17) is 9.84 Å². The highest BCUT2D eigenvalue weighted by Gasteiger charge is 2.31. The first kappa shape index (κ1) is 15.8. The van der Waals surface area contributed by atoms with Crippen molar-refractivity contribution in [3.63, 3.8) is 0 Å². The molecular formula is C19H23NO3. The molecule has 0 aliphatic heterocycles.